The Morgan fingerprint density at radius 2 is 2.17 bits per heavy atom. The van der Waals surface area contributed by atoms with Gasteiger partial charge in [-0.25, -0.2) is 0 Å². The molecule has 0 aromatic rings. The number of aliphatic hydroxyl groups is 1. The molecule has 0 bridgehead atoms. The Kier molecular flexibility index (Phi) is 8.48. The van der Waals surface area contributed by atoms with Crippen LogP contribution in [0.5, 0.6) is 0 Å². The average molecular weight is 160 g/mol. The lowest BCUT2D eigenvalue weighted by Gasteiger charge is -1.87. The van der Waals surface area contributed by atoms with Crippen LogP contribution in [-0.4, -0.2) is 11.7 Å². The van der Waals surface area contributed by atoms with E-state index in [-0.39, 0.29) is 6.61 Å². The van der Waals surface area contributed by atoms with Crippen LogP contribution in [0.15, 0.2) is 17.9 Å². The van der Waals surface area contributed by atoms with Gasteiger partial charge in [0, 0.05) is 12.7 Å². The van der Waals surface area contributed by atoms with Gasteiger partial charge in [0.2, 0.25) is 0 Å². The fourth-order valence-corrected chi connectivity index (χ4v) is 0.620. The number of unbranched alkanes of at least 4 members (excludes halogenated alkanes) is 2. The van der Waals surface area contributed by atoms with Gasteiger partial charge in [0.15, 0.2) is 0 Å². The predicted octanol–water partition coefficient (Wildman–Crippen LogP) is 1.50. The first kappa shape index (κ1) is 10.6. The summed E-state index contributed by atoms with van der Waals surface area (Å²) in [5.74, 6) is 7.27. The van der Waals surface area contributed by atoms with E-state index in [1.807, 2.05) is 6.08 Å². The number of hydrogen-bond donors (Lipinski definition) is 1. The molecule has 0 heterocycles. The highest BCUT2D eigenvalue weighted by Crippen LogP contribution is 1.93. The highest BCUT2D eigenvalue weighted by atomic mass is 16.2. The van der Waals surface area contributed by atoms with Gasteiger partial charge < -0.3 is 5.11 Å². The van der Waals surface area contributed by atoms with Crippen LogP contribution in [-0.2, 0) is 0 Å². The van der Waals surface area contributed by atoms with Crippen LogP contribution in [0.2, 0.25) is 0 Å². The summed E-state index contributed by atoms with van der Waals surface area (Å²) in [5.41, 5.74) is 2.88. The zero-order chi connectivity index (χ0) is 9.07. The van der Waals surface area contributed by atoms with Gasteiger partial charge >= 0.3 is 0 Å². The molecule has 0 fully saturated rings. The summed E-state index contributed by atoms with van der Waals surface area (Å²) in [7, 11) is 0. The Balaban J connectivity index is 3.49. The van der Waals surface area contributed by atoms with E-state index in [1.54, 1.807) is 6.08 Å². The van der Waals surface area contributed by atoms with E-state index in [0.717, 1.165) is 19.3 Å². The molecule has 0 amide bonds. The van der Waals surface area contributed by atoms with Crippen molar-refractivity contribution in [3.8, 4) is 24.2 Å². The van der Waals surface area contributed by atoms with Crippen LogP contribution in [0.3, 0.4) is 0 Å². The van der Waals surface area contributed by atoms with E-state index < -0.39 is 0 Å². The molecule has 1 nitrogen and oxygen atoms in total. The molecular weight excluding hydrogens is 148 g/mol. The Hall–Kier alpha value is -1.40. The van der Waals surface area contributed by atoms with Gasteiger partial charge in [0.25, 0.3) is 0 Å². The molecule has 0 unspecified atom stereocenters. The van der Waals surface area contributed by atoms with Gasteiger partial charge in [0.1, 0.15) is 0 Å². The molecule has 1 heteroatoms. The molecule has 0 saturated carbocycles. The van der Waals surface area contributed by atoms with Crippen molar-refractivity contribution in [2.75, 3.05) is 6.61 Å². The van der Waals surface area contributed by atoms with Gasteiger partial charge in [-0.15, -0.1) is 12.2 Å². The molecular formula is C11H12O. The standard InChI is InChI=1S/C11H12O/c1-2-3-4-5-6-7-8-9-10-11-12/h1,5,7,12H,8-11H2. The summed E-state index contributed by atoms with van der Waals surface area (Å²) in [5, 5.41) is 8.45. The van der Waals surface area contributed by atoms with E-state index >= 15 is 0 Å². The minimum Gasteiger partial charge on any atom is -0.396 e. The maximum atomic E-state index is 8.45. The molecule has 0 aromatic heterocycles. The van der Waals surface area contributed by atoms with Gasteiger partial charge in [-0.1, -0.05) is 5.92 Å². The van der Waals surface area contributed by atoms with Crippen LogP contribution >= 0.6 is 0 Å². The summed E-state index contributed by atoms with van der Waals surface area (Å²) < 4.78 is 0. The van der Waals surface area contributed by atoms with Crippen molar-refractivity contribution in [2.24, 2.45) is 0 Å². The molecule has 62 valence electrons. The zero-order valence-corrected chi connectivity index (χ0v) is 7.01. The lowest BCUT2D eigenvalue weighted by molar-refractivity contribution is 0.285. The first-order valence-corrected chi connectivity index (χ1v) is 3.88. The third-order valence-electron chi connectivity index (χ3n) is 1.17. The Bertz CT molecular complexity index is 251. The summed E-state index contributed by atoms with van der Waals surface area (Å²) in [6.45, 7) is 0.258. The van der Waals surface area contributed by atoms with Crippen LogP contribution in [0.1, 0.15) is 19.3 Å². The third-order valence-corrected chi connectivity index (χ3v) is 1.17. The highest BCUT2D eigenvalue weighted by Gasteiger charge is 1.79. The van der Waals surface area contributed by atoms with Crippen LogP contribution < -0.4 is 0 Å². The van der Waals surface area contributed by atoms with Crippen molar-refractivity contribution in [3.63, 3.8) is 0 Å². The second-order valence-electron chi connectivity index (χ2n) is 2.15. The van der Waals surface area contributed by atoms with E-state index in [4.69, 9.17) is 11.5 Å². The monoisotopic (exact) mass is 160 g/mol. The minimum absolute atomic E-state index is 0.258. The first-order valence-electron chi connectivity index (χ1n) is 3.88. The summed E-state index contributed by atoms with van der Waals surface area (Å²) in [4.78, 5) is 0. The largest absolute Gasteiger partial charge is 0.396 e. The van der Waals surface area contributed by atoms with Gasteiger partial charge in [-0.3, -0.25) is 0 Å². The number of hydrogen-bond acceptors (Lipinski definition) is 1. The summed E-state index contributed by atoms with van der Waals surface area (Å²) in [6, 6.07) is 0. The van der Waals surface area contributed by atoms with E-state index in [0.29, 0.717) is 0 Å². The van der Waals surface area contributed by atoms with Crippen molar-refractivity contribution in [1.82, 2.24) is 0 Å². The van der Waals surface area contributed by atoms with Gasteiger partial charge in [-0.2, -0.15) is 0 Å². The number of allylic oxidation sites excluding steroid dienone is 1. The van der Waals surface area contributed by atoms with Crippen LogP contribution in [0, 0.1) is 24.2 Å². The van der Waals surface area contributed by atoms with Crippen LogP contribution in [0.4, 0.5) is 0 Å². The molecule has 0 atom stereocenters. The lowest BCUT2D eigenvalue weighted by atomic mass is 10.2. The second kappa shape index (κ2) is 9.60. The van der Waals surface area contributed by atoms with E-state index in [9.17, 15) is 0 Å². The van der Waals surface area contributed by atoms with Crippen LogP contribution in [0.25, 0.3) is 0 Å². The first-order chi connectivity index (χ1) is 5.91. The molecule has 12 heavy (non-hydrogen) atoms. The molecule has 1 N–H and O–H groups in total. The Labute approximate surface area is 73.8 Å². The van der Waals surface area contributed by atoms with Crippen molar-refractivity contribution < 1.29 is 5.11 Å². The molecule has 0 saturated heterocycles. The van der Waals surface area contributed by atoms with Gasteiger partial charge in [-0.05, 0) is 37.2 Å². The van der Waals surface area contributed by atoms with Crippen molar-refractivity contribution in [1.29, 1.82) is 0 Å². The van der Waals surface area contributed by atoms with Crippen molar-refractivity contribution in [3.05, 3.63) is 17.9 Å². The number of aliphatic hydroxyl groups excluding tert-OH is 1. The zero-order valence-electron chi connectivity index (χ0n) is 7.01. The third kappa shape index (κ3) is 8.60. The maximum absolute atomic E-state index is 8.45. The Morgan fingerprint density at radius 1 is 1.33 bits per heavy atom. The minimum atomic E-state index is 0.258. The van der Waals surface area contributed by atoms with E-state index in [1.165, 1.54) is 0 Å². The molecule has 0 aliphatic carbocycles. The molecule has 0 spiro atoms. The van der Waals surface area contributed by atoms with E-state index in [2.05, 4.69) is 23.5 Å². The fourth-order valence-electron chi connectivity index (χ4n) is 0.620. The average Bonchev–Trinajstić information content (AvgIpc) is 2.10. The highest BCUT2D eigenvalue weighted by molar-refractivity contribution is 5.27. The fraction of sp³-hybridized carbons (Fsp3) is 0.364. The lowest BCUT2D eigenvalue weighted by Crippen LogP contribution is -1.79. The smallest absolute Gasteiger partial charge is 0.0431 e. The normalized spacial score (nSPS) is 7.00. The molecule has 0 aliphatic heterocycles. The maximum Gasteiger partial charge on any atom is 0.0431 e. The SMILES string of the molecule is C#CC#CC=C=CCCCCO. The predicted molar refractivity (Wildman–Crippen MR) is 50.2 cm³/mol. The molecule has 0 radical (unpaired) electrons. The van der Waals surface area contributed by atoms with Crippen molar-refractivity contribution in [2.45, 2.75) is 19.3 Å². The second-order valence-corrected chi connectivity index (χ2v) is 2.15. The number of rotatable bonds is 4. The molecule has 0 aliphatic rings. The topological polar surface area (TPSA) is 20.2 Å². The quantitative estimate of drug-likeness (QED) is 0.375. The Morgan fingerprint density at radius 3 is 2.83 bits per heavy atom. The molecule has 0 aromatic carbocycles. The molecule has 0 rings (SSSR count). The number of terminal acetylenes is 1. The summed E-state index contributed by atoms with van der Waals surface area (Å²) >= 11 is 0. The van der Waals surface area contributed by atoms with Crippen molar-refractivity contribution >= 4 is 0 Å². The summed E-state index contributed by atoms with van der Waals surface area (Å²) in [6.07, 6.45) is 11.1. The van der Waals surface area contributed by atoms with Gasteiger partial charge in [0.05, 0.1) is 0 Å².